The molecule has 1 aromatic rings. The number of halogens is 2. The fraction of sp³-hybridized carbons (Fsp3) is 0.500. The maximum absolute atomic E-state index is 13.9. The molecule has 0 aliphatic carbocycles. The molecule has 3 nitrogen and oxygen atoms in total. The predicted molar refractivity (Wildman–Crippen MR) is 68.1 cm³/mol. The fourth-order valence-electron chi connectivity index (χ4n) is 1.69. The Bertz CT molecular complexity index is 368. The van der Waals surface area contributed by atoms with Gasteiger partial charge in [0.15, 0.2) is 0 Å². The van der Waals surface area contributed by atoms with E-state index in [0.29, 0.717) is 23.2 Å². The highest BCUT2D eigenvalue weighted by molar-refractivity contribution is 9.10. The number of hydrogen-bond acceptors (Lipinski definition) is 3. The van der Waals surface area contributed by atoms with Crippen molar-refractivity contribution >= 4 is 15.9 Å². The SMILES string of the molecule is CCOC(CN)(OCC)c1ccc(Br)cc1F. The Morgan fingerprint density at radius 3 is 2.29 bits per heavy atom. The summed E-state index contributed by atoms with van der Waals surface area (Å²) in [6, 6.07) is 4.73. The molecule has 1 rings (SSSR count). The summed E-state index contributed by atoms with van der Waals surface area (Å²) in [4.78, 5) is 0. The number of nitrogens with two attached hydrogens (primary N) is 1. The molecular formula is C12H17BrFNO2. The summed E-state index contributed by atoms with van der Waals surface area (Å²) in [5, 5.41) is 0. The van der Waals surface area contributed by atoms with Crippen molar-refractivity contribution in [2.24, 2.45) is 5.73 Å². The van der Waals surface area contributed by atoms with Crippen LogP contribution in [0.4, 0.5) is 4.39 Å². The Labute approximate surface area is 109 Å². The summed E-state index contributed by atoms with van der Waals surface area (Å²) >= 11 is 3.21. The van der Waals surface area contributed by atoms with Crippen molar-refractivity contribution in [1.29, 1.82) is 0 Å². The van der Waals surface area contributed by atoms with Crippen LogP contribution in [0.5, 0.6) is 0 Å². The van der Waals surface area contributed by atoms with Gasteiger partial charge in [-0.25, -0.2) is 4.39 Å². The third kappa shape index (κ3) is 3.25. The normalized spacial score (nSPS) is 11.8. The largest absolute Gasteiger partial charge is 0.345 e. The van der Waals surface area contributed by atoms with E-state index >= 15 is 0 Å². The van der Waals surface area contributed by atoms with Crippen molar-refractivity contribution in [3.05, 3.63) is 34.1 Å². The molecule has 0 heterocycles. The predicted octanol–water partition coefficient (Wildman–Crippen LogP) is 2.77. The first-order chi connectivity index (χ1) is 8.09. The second-order valence-electron chi connectivity index (χ2n) is 3.45. The van der Waals surface area contributed by atoms with E-state index in [0.717, 1.165) is 0 Å². The topological polar surface area (TPSA) is 44.5 Å². The van der Waals surface area contributed by atoms with Crippen molar-refractivity contribution in [3.63, 3.8) is 0 Å². The third-order valence-corrected chi connectivity index (χ3v) is 2.86. The molecule has 0 aliphatic heterocycles. The third-order valence-electron chi connectivity index (χ3n) is 2.37. The van der Waals surface area contributed by atoms with E-state index in [-0.39, 0.29) is 6.54 Å². The first-order valence-corrected chi connectivity index (χ1v) is 6.32. The zero-order valence-corrected chi connectivity index (χ0v) is 11.6. The summed E-state index contributed by atoms with van der Waals surface area (Å²) in [7, 11) is 0. The van der Waals surface area contributed by atoms with E-state index in [1.807, 2.05) is 13.8 Å². The zero-order chi connectivity index (χ0) is 12.9. The van der Waals surface area contributed by atoms with Crippen LogP contribution in [0, 0.1) is 5.82 Å². The van der Waals surface area contributed by atoms with E-state index in [1.165, 1.54) is 6.07 Å². The molecule has 17 heavy (non-hydrogen) atoms. The van der Waals surface area contributed by atoms with Crippen molar-refractivity contribution < 1.29 is 13.9 Å². The quantitative estimate of drug-likeness (QED) is 0.822. The maximum Gasteiger partial charge on any atom is 0.210 e. The minimum Gasteiger partial charge on any atom is -0.345 e. The van der Waals surface area contributed by atoms with Crippen LogP contribution in [-0.4, -0.2) is 19.8 Å². The lowest BCUT2D eigenvalue weighted by atomic mass is 10.0. The van der Waals surface area contributed by atoms with Gasteiger partial charge in [-0.2, -0.15) is 0 Å². The van der Waals surface area contributed by atoms with Crippen LogP contribution >= 0.6 is 15.9 Å². The van der Waals surface area contributed by atoms with Gasteiger partial charge in [0, 0.05) is 23.2 Å². The van der Waals surface area contributed by atoms with E-state index < -0.39 is 11.6 Å². The lowest BCUT2D eigenvalue weighted by Crippen LogP contribution is -2.41. The second-order valence-corrected chi connectivity index (χ2v) is 4.36. The molecule has 5 heteroatoms. The summed E-state index contributed by atoms with van der Waals surface area (Å²) in [5.41, 5.74) is 6.02. The van der Waals surface area contributed by atoms with Crippen LogP contribution in [0.3, 0.4) is 0 Å². The monoisotopic (exact) mass is 305 g/mol. The molecule has 0 saturated heterocycles. The van der Waals surface area contributed by atoms with Gasteiger partial charge in [0.1, 0.15) is 5.82 Å². The molecule has 0 amide bonds. The van der Waals surface area contributed by atoms with Crippen LogP contribution in [0.15, 0.2) is 22.7 Å². The molecule has 2 N–H and O–H groups in total. The number of rotatable bonds is 6. The van der Waals surface area contributed by atoms with Crippen LogP contribution in [0.25, 0.3) is 0 Å². The molecule has 0 aromatic heterocycles. The molecule has 0 aliphatic rings. The van der Waals surface area contributed by atoms with E-state index in [2.05, 4.69) is 15.9 Å². The van der Waals surface area contributed by atoms with E-state index in [1.54, 1.807) is 12.1 Å². The van der Waals surface area contributed by atoms with Crippen molar-refractivity contribution in [3.8, 4) is 0 Å². The summed E-state index contributed by atoms with van der Waals surface area (Å²) in [5.74, 6) is -1.60. The Morgan fingerprint density at radius 2 is 1.88 bits per heavy atom. The van der Waals surface area contributed by atoms with Gasteiger partial charge in [-0.1, -0.05) is 15.9 Å². The maximum atomic E-state index is 13.9. The Kier molecular flexibility index (Phi) is 5.52. The smallest absolute Gasteiger partial charge is 0.210 e. The first kappa shape index (κ1) is 14.6. The molecule has 0 fully saturated rings. The van der Waals surface area contributed by atoms with Gasteiger partial charge in [-0.15, -0.1) is 0 Å². The molecule has 96 valence electrons. The van der Waals surface area contributed by atoms with Gasteiger partial charge >= 0.3 is 0 Å². The molecule has 1 aromatic carbocycles. The number of benzene rings is 1. The minimum absolute atomic E-state index is 0.0627. The van der Waals surface area contributed by atoms with Crippen molar-refractivity contribution in [2.75, 3.05) is 19.8 Å². The van der Waals surface area contributed by atoms with E-state index in [4.69, 9.17) is 15.2 Å². The zero-order valence-electron chi connectivity index (χ0n) is 10.0. The minimum atomic E-state index is -1.20. The van der Waals surface area contributed by atoms with Gasteiger partial charge < -0.3 is 15.2 Å². The standard InChI is InChI=1S/C12H17BrFNO2/c1-3-16-12(8-15,17-4-2)10-6-5-9(13)7-11(10)14/h5-7H,3-4,8,15H2,1-2H3. The van der Waals surface area contributed by atoms with E-state index in [9.17, 15) is 4.39 Å². The van der Waals surface area contributed by atoms with Crippen LogP contribution in [0.1, 0.15) is 19.4 Å². The van der Waals surface area contributed by atoms with Gasteiger partial charge in [0.05, 0.1) is 6.54 Å². The Hall–Kier alpha value is -0.490. The molecule has 0 atom stereocenters. The summed E-state index contributed by atoms with van der Waals surface area (Å²) in [6.07, 6.45) is 0. The average molecular weight is 306 g/mol. The second kappa shape index (κ2) is 6.44. The molecular weight excluding hydrogens is 289 g/mol. The van der Waals surface area contributed by atoms with Crippen LogP contribution < -0.4 is 5.73 Å². The molecule has 0 unspecified atom stereocenters. The number of hydrogen-bond donors (Lipinski definition) is 1. The van der Waals surface area contributed by atoms with Gasteiger partial charge in [0.25, 0.3) is 0 Å². The summed E-state index contributed by atoms with van der Waals surface area (Å²) < 4.78 is 25.6. The van der Waals surface area contributed by atoms with Gasteiger partial charge in [-0.05, 0) is 32.0 Å². The highest BCUT2D eigenvalue weighted by Gasteiger charge is 2.35. The molecule has 0 radical (unpaired) electrons. The number of ether oxygens (including phenoxy) is 2. The summed E-state index contributed by atoms with van der Waals surface area (Å²) in [6.45, 7) is 4.49. The highest BCUT2D eigenvalue weighted by atomic mass is 79.9. The fourth-order valence-corrected chi connectivity index (χ4v) is 2.02. The van der Waals surface area contributed by atoms with Gasteiger partial charge in [-0.3, -0.25) is 0 Å². The Morgan fingerprint density at radius 1 is 1.29 bits per heavy atom. The van der Waals surface area contributed by atoms with Crippen LogP contribution in [0.2, 0.25) is 0 Å². The lowest BCUT2D eigenvalue weighted by Gasteiger charge is -2.32. The molecule has 0 saturated carbocycles. The Balaban J connectivity index is 3.19. The van der Waals surface area contributed by atoms with Crippen molar-refractivity contribution in [1.82, 2.24) is 0 Å². The van der Waals surface area contributed by atoms with Crippen molar-refractivity contribution in [2.45, 2.75) is 19.6 Å². The van der Waals surface area contributed by atoms with Gasteiger partial charge in [0.2, 0.25) is 5.79 Å². The van der Waals surface area contributed by atoms with Crippen LogP contribution in [-0.2, 0) is 15.3 Å². The first-order valence-electron chi connectivity index (χ1n) is 5.53. The molecule has 0 spiro atoms. The average Bonchev–Trinajstić information content (AvgIpc) is 2.28. The highest BCUT2D eigenvalue weighted by Crippen LogP contribution is 2.30. The molecule has 0 bridgehead atoms. The lowest BCUT2D eigenvalue weighted by molar-refractivity contribution is -0.236.